The Morgan fingerprint density at radius 1 is 1.17 bits per heavy atom. The smallest absolute Gasteiger partial charge is 0.0320 e. The Hall–Kier alpha value is -2.45. The van der Waals surface area contributed by atoms with Crippen LogP contribution >= 0.6 is 0 Å². The van der Waals surface area contributed by atoms with E-state index in [0.29, 0.717) is 6.54 Å². The van der Waals surface area contributed by atoms with Crippen LogP contribution in [-0.2, 0) is 0 Å². The number of nitrogens with zero attached hydrogens (tertiary/aromatic N) is 3. The third-order valence-electron chi connectivity index (χ3n) is 2.66. The zero-order chi connectivity index (χ0) is 12.8. The molecular formula is C14H14N4. The summed E-state index contributed by atoms with van der Waals surface area (Å²) >= 11 is 0. The summed E-state index contributed by atoms with van der Waals surface area (Å²) in [5.41, 5.74) is 15.8. The fourth-order valence-corrected chi connectivity index (χ4v) is 1.78. The molecule has 2 aromatic rings. The van der Waals surface area contributed by atoms with Crippen LogP contribution < -0.4 is 5.73 Å². The molecule has 0 aromatic heterocycles. The van der Waals surface area contributed by atoms with E-state index in [0.717, 1.165) is 23.1 Å². The molecule has 0 saturated carbocycles. The minimum absolute atomic E-state index is 0.497. The molecule has 0 aliphatic carbocycles. The van der Waals surface area contributed by atoms with Crippen molar-refractivity contribution >= 4 is 22.5 Å². The van der Waals surface area contributed by atoms with Crippen LogP contribution in [0.2, 0.25) is 0 Å². The number of fused-ring (bicyclic) bond motifs is 1. The molecule has 0 aliphatic rings. The molecule has 2 aromatic carbocycles. The number of hydrogen-bond acceptors (Lipinski definition) is 2. The van der Waals surface area contributed by atoms with Gasteiger partial charge in [0.15, 0.2) is 0 Å². The van der Waals surface area contributed by atoms with Gasteiger partial charge in [-0.15, -0.1) is 0 Å². The lowest BCUT2D eigenvalue weighted by Gasteiger charge is -2.01. The van der Waals surface area contributed by atoms with Crippen molar-refractivity contribution in [2.24, 2.45) is 5.11 Å². The molecule has 0 fully saturated rings. The fraction of sp³-hybridized carbons (Fsp3) is 0.143. The third-order valence-corrected chi connectivity index (χ3v) is 2.66. The van der Waals surface area contributed by atoms with E-state index in [4.69, 9.17) is 11.3 Å². The summed E-state index contributed by atoms with van der Waals surface area (Å²) in [5, 5.41) is 5.79. The van der Waals surface area contributed by atoms with Gasteiger partial charge in [0.2, 0.25) is 0 Å². The zero-order valence-corrected chi connectivity index (χ0v) is 9.95. The van der Waals surface area contributed by atoms with Crippen molar-refractivity contribution in [1.82, 2.24) is 0 Å². The predicted octanol–water partition coefficient (Wildman–Crippen LogP) is 4.14. The molecule has 18 heavy (non-hydrogen) atoms. The number of nitrogen functional groups attached to an aromatic ring is 1. The first-order valence-electron chi connectivity index (χ1n) is 5.76. The summed E-state index contributed by atoms with van der Waals surface area (Å²) in [6.07, 6.45) is 4.79. The first-order valence-corrected chi connectivity index (χ1v) is 5.76. The Bertz CT molecular complexity index is 625. The predicted molar refractivity (Wildman–Crippen MR) is 76.0 cm³/mol. The van der Waals surface area contributed by atoms with Gasteiger partial charge in [-0.05, 0) is 46.5 Å². The lowest BCUT2D eigenvalue weighted by Crippen LogP contribution is -1.84. The maximum absolute atomic E-state index is 8.15. The monoisotopic (exact) mass is 238 g/mol. The molecule has 2 rings (SSSR count). The highest BCUT2D eigenvalue weighted by molar-refractivity contribution is 5.87. The Morgan fingerprint density at radius 3 is 2.78 bits per heavy atom. The Balaban J connectivity index is 2.15. The van der Waals surface area contributed by atoms with E-state index in [1.807, 2.05) is 36.4 Å². The van der Waals surface area contributed by atoms with E-state index in [1.54, 1.807) is 0 Å². The molecule has 4 nitrogen and oxygen atoms in total. The summed E-state index contributed by atoms with van der Waals surface area (Å²) in [6, 6.07) is 12.1. The number of azide groups is 1. The number of hydrogen-bond donors (Lipinski definition) is 1. The number of rotatable bonds is 4. The molecule has 0 amide bonds. The quantitative estimate of drug-likeness (QED) is 0.281. The average molecular weight is 238 g/mol. The van der Waals surface area contributed by atoms with Crippen molar-refractivity contribution in [2.45, 2.75) is 6.42 Å². The maximum atomic E-state index is 8.15. The lowest BCUT2D eigenvalue weighted by molar-refractivity contribution is 0.996. The van der Waals surface area contributed by atoms with E-state index in [-0.39, 0.29) is 0 Å². The van der Waals surface area contributed by atoms with E-state index in [1.165, 1.54) is 5.39 Å². The first-order chi connectivity index (χ1) is 8.79. The summed E-state index contributed by atoms with van der Waals surface area (Å²) in [7, 11) is 0. The average Bonchev–Trinajstić information content (AvgIpc) is 2.38. The second-order valence-corrected chi connectivity index (χ2v) is 4.01. The van der Waals surface area contributed by atoms with Gasteiger partial charge in [-0.3, -0.25) is 0 Å². The van der Waals surface area contributed by atoms with Crippen LogP contribution in [0, 0.1) is 0 Å². The largest absolute Gasteiger partial charge is 0.399 e. The first kappa shape index (κ1) is 12.0. The van der Waals surface area contributed by atoms with Crippen LogP contribution in [0.15, 0.2) is 47.6 Å². The molecule has 0 bridgehead atoms. The van der Waals surface area contributed by atoms with Gasteiger partial charge >= 0.3 is 0 Å². The van der Waals surface area contributed by atoms with Gasteiger partial charge in [-0.1, -0.05) is 35.5 Å². The molecule has 0 radical (unpaired) electrons. The van der Waals surface area contributed by atoms with Crippen LogP contribution in [0.1, 0.15) is 12.0 Å². The van der Waals surface area contributed by atoms with Crippen molar-refractivity contribution in [2.75, 3.05) is 12.3 Å². The lowest BCUT2D eigenvalue weighted by atomic mass is 10.1. The number of benzene rings is 2. The minimum atomic E-state index is 0.497. The van der Waals surface area contributed by atoms with E-state index < -0.39 is 0 Å². The molecule has 90 valence electrons. The molecule has 2 N–H and O–H groups in total. The van der Waals surface area contributed by atoms with Gasteiger partial charge in [-0.2, -0.15) is 0 Å². The minimum Gasteiger partial charge on any atom is -0.399 e. The summed E-state index contributed by atoms with van der Waals surface area (Å²) in [6.45, 7) is 0.497. The molecule has 0 spiro atoms. The Kier molecular flexibility index (Phi) is 3.84. The van der Waals surface area contributed by atoms with Gasteiger partial charge in [-0.25, -0.2) is 0 Å². The molecule has 0 saturated heterocycles. The molecule has 0 atom stereocenters. The topological polar surface area (TPSA) is 74.8 Å². The van der Waals surface area contributed by atoms with Gasteiger partial charge in [0.25, 0.3) is 0 Å². The van der Waals surface area contributed by atoms with Crippen LogP contribution in [0.5, 0.6) is 0 Å². The van der Waals surface area contributed by atoms with Gasteiger partial charge < -0.3 is 5.73 Å². The zero-order valence-electron chi connectivity index (χ0n) is 9.95. The summed E-state index contributed by atoms with van der Waals surface area (Å²) < 4.78 is 0. The van der Waals surface area contributed by atoms with Crippen molar-refractivity contribution in [1.29, 1.82) is 0 Å². The molecule has 0 aliphatic heterocycles. The van der Waals surface area contributed by atoms with Gasteiger partial charge in [0.1, 0.15) is 0 Å². The van der Waals surface area contributed by atoms with E-state index in [2.05, 4.69) is 22.2 Å². The van der Waals surface area contributed by atoms with Crippen LogP contribution in [-0.4, -0.2) is 6.54 Å². The highest BCUT2D eigenvalue weighted by Crippen LogP contribution is 2.19. The molecule has 0 heterocycles. The van der Waals surface area contributed by atoms with Crippen LogP contribution in [0.4, 0.5) is 5.69 Å². The normalized spacial score (nSPS) is 10.7. The number of anilines is 1. The molecule has 0 unspecified atom stereocenters. The Morgan fingerprint density at radius 2 is 1.94 bits per heavy atom. The Labute approximate surface area is 105 Å². The molecule has 4 heteroatoms. The van der Waals surface area contributed by atoms with Crippen LogP contribution in [0.25, 0.3) is 27.3 Å². The second-order valence-electron chi connectivity index (χ2n) is 4.01. The molecular weight excluding hydrogens is 224 g/mol. The van der Waals surface area contributed by atoms with E-state index in [9.17, 15) is 0 Å². The third kappa shape index (κ3) is 3.03. The van der Waals surface area contributed by atoms with E-state index >= 15 is 0 Å². The SMILES string of the molecule is [N-]=[N+]=NCCC=Cc1ccc2cc(N)ccc2c1. The fourth-order valence-electron chi connectivity index (χ4n) is 1.78. The van der Waals surface area contributed by atoms with Crippen molar-refractivity contribution < 1.29 is 0 Å². The van der Waals surface area contributed by atoms with Crippen LogP contribution in [0.3, 0.4) is 0 Å². The second kappa shape index (κ2) is 5.75. The standard InChI is InChI=1S/C14H14N4/c15-14-7-6-12-9-11(4-5-13(12)10-14)3-1-2-8-17-18-16/h1,3-7,9-10H,2,8,15H2. The van der Waals surface area contributed by atoms with Crippen molar-refractivity contribution in [3.63, 3.8) is 0 Å². The number of nitrogens with two attached hydrogens (primary N) is 1. The maximum Gasteiger partial charge on any atom is 0.0320 e. The van der Waals surface area contributed by atoms with Gasteiger partial charge in [0, 0.05) is 17.1 Å². The highest BCUT2D eigenvalue weighted by Gasteiger charge is 1.94. The highest BCUT2D eigenvalue weighted by atomic mass is 15.1. The van der Waals surface area contributed by atoms with Gasteiger partial charge in [0.05, 0.1) is 0 Å². The van der Waals surface area contributed by atoms with Crippen molar-refractivity contribution in [3.05, 3.63) is 58.5 Å². The summed E-state index contributed by atoms with van der Waals surface area (Å²) in [4.78, 5) is 2.71. The van der Waals surface area contributed by atoms with Crippen molar-refractivity contribution in [3.8, 4) is 0 Å². The summed E-state index contributed by atoms with van der Waals surface area (Å²) in [5.74, 6) is 0.